The van der Waals surface area contributed by atoms with Crippen LogP contribution in [-0.4, -0.2) is 74.5 Å². The highest BCUT2D eigenvalue weighted by Gasteiger charge is 2.35. The van der Waals surface area contributed by atoms with E-state index in [1.165, 1.54) is 7.05 Å². The summed E-state index contributed by atoms with van der Waals surface area (Å²) in [6, 6.07) is 11.1. The Morgan fingerprint density at radius 1 is 1.13 bits per heavy atom. The van der Waals surface area contributed by atoms with Crippen LogP contribution in [0.25, 0.3) is 5.70 Å². The van der Waals surface area contributed by atoms with Gasteiger partial charge in [-0.15, -0.1) is 0 Å². The summed E-state index contributed by atoms with van der Waals surface area (Å²) < 4.78 is 34.9. The molecule has 1 atom stereocenters. The van der Waals surface area contributed by atoms with Crippen LogP contribution >= 0.6 is 0 Å². The molecule has 0 aromatic heterocycles. The largest absolute Gasteiger partial charge is 0.442 e. The molecule has 2 fully saturated rings. The van der Waals surface area contributed by atoms with E-state index in [0.717, 1.165) is 17.7 Å². The van der Waals surface area contributed by atoms with Crippen LogP contribution in [0.2, 0.25) is 0 Å². The van der Waals surface area contributed by atoms with E-state index in [1.54, 1.807) is 9.80 Å². The lowest BCUT2D eigenvalue weighted by Gasteiger charge is -2.43. The number of halogens is 2. The van der Waals surface area contributed by atoms with E-state index in [1.807, 2.05) is 36.3 Å². The van der Waals surface area contributed by atoms with Gasteiger partial charge in [-0.2, -0.15) is 0 Å². The number of hydrogen-bond acceptors (Lipinski definition) is 7. The fraction of sp³-hybridized carbons (Fsp3) is 0.370. The molecule has 38 heavy (non-hydrogen) atoms. The summed E-state index contributed by atoms with van der Waals surface area (Å²) in [5.74, 6) is -1.18. The first kappa shape index (κ1) is 26.8. The van der Waals surface area contributed by atoms with E-state index in [4.69, 9.17) is 4.74 Å². The third-order valence-electron chi connectivity index (χ3n) is 6.71. The van der Waals surface area contributed by atoms with E-state index < -0.39 is 23.6 Å². The minimum atomic E-state index is -1.07. The van der Waals surface area contributed by atoms with Crippen LogP contribution in [0.15, 0.2) is 42.5 Å². The van der Waals surface area contributed by atoms with Crippen LogP contribution in [0.3, 0.4) is 0 Å². The highest BCUT2D eigenvalue weighted by molar-refractivity contribution is 5.86. The number of nitrogens with one attached hydrogen (secondary N) is 2. The minimum absolute atomic E-state index is 0.00800. The number of nitrogens with zero attached hydrogens (tertiary/aromatic N) is 2. The van der Waals surface area contributed by atoms with Crippen molar-refractivity contribution >= 4 is 35.6 Å². The molecule has 2 aromatic carbocycles. The molecule has 9 nitrogen and oxygen atoms in total. The van der Waals surface area contributed by atoms with E-state index >= 15 is 0 Å². The Kier molecular flexibility index (Phi) is 8.38. The molecule has 2 amide bonds. The van der Waals surface area contributed by atoms with Crippen LogP contribution in [0, 0.1) is 11.6 Å². The molecule has 0 radical (unpaired) electrons. The van der Waals surface area contributed by atoms with E-state index in [2.05, 4.69) is 10.6 Å². The van der Waals surface area contributed by atoms with E-state index in [-0.39, 0.29) is 42.1 Å². The Morgan fingerprint density at radius 2 is 1.79 bits per heavy atom. The van der Waals surface area contributed by atoms with Gasteiger partial charge in [0.25, 0.3) is 0 Å². The van der Waals surface area contributed by atoms with Crippen LogP contribution in [0.4, 0.5) is 19.3 Å². The quantitative estimate of drug-likeness (QED) is 0.361. The topological polar surface area (TPSA) is 108 Å². The molecule has 4 rings (SSSR count). The predicted octanol–water partition coefficient (Wildman–Crippen LogP) is 2.25. The van der Waals surface area contributed by atoms with Crippen molar-refractivity contribution in [1.82, 2.24) is 15.5 Å². The maximum absolute atomic E-state index is 14.7. The zero-order valence-corrected chi connectivity index (χ0v) is 20.8. The van der Waals surface area contributed by atoms with Crippen molar-refractivity contribution in [2.75, 3.05) is 38.1 Å². The van der Waals surface area contributed by atoms with Crippen molar-refractivity contribution in [3.8, 4) is 0 Å². The lowest BCUT2D eigenvalue weighted by atomic mass is 9.93. The van der Waals surface area contributed by atoms with Gasteiger partial charge in [0.2, 0.25) is 5.91 Å². The van der Waals surface area contributed by atoms with Gasteiger partial charge in [0.05, 0.1) is 19.1 Å². The van der Waals surface area contributed by atoms with Crippen LogP contribution < -0.4 is 15.5 Å². The number of rotatable bonds is 10. The van der Waals surface area contributed by atoms with Crippen LogP contribution in [-0.2, 0) is 19.1 Å². The van der Waals surface area contributed by atoms with Gasteiger partial charge in [0.1, 0.15) is 29.7 Å². The summed E-state index contributed by atoms with van der Waals surface area (Å²) in [7, 11) is 1.44. The van der Waals surface area contributed by atoms with Gasteiger partial charge >= 0.3 is 6.09 Å². The summed E-state index contributed by atoms with van der Waals surface area (Å²) in [6.07, 6.45) is -0.571. The lowest BCUT2D eigenvalue weighted by Crippen LogP contribution is -2.61. The standard InChI is InChI=1S/C27H28F2N4O5/c1-30-25(36)8-7-18(15-34)26-22(28)9-20(10-23(26)29)32-11-19(12-32)31-27(37)38-21-13-33(14-21)24(16-35)17-5-3-2-4-6-17/h2-6,9-10,15,18-19,21H,7-8,11-14H2,1H3,(H,30,36)(H,31,37). The molecule has 2 aromatic rings. The van der Waals surface area contributed by atoms with Gasteiger partial charge in [0.15, 0.2) is 5.94 Å². The number of ether oxygens (including phenoxy) is 1. The molecular weight excluding hydrogens is 498 g/mol. The Labute approximate surface area is 218 Å². The second kappa shape index (κ2) is 11.9. The number of carbonyl (C=O) groups excluding carboxylic acids is 4. The molecule has 0 saturated carbocycles. The fourth-order valence-corrected chi connectivity index (χ4v) is 4.53. The van der Waals surface area contributed by atoms with Gasteiger partial charge < -0.3 is 30.0 Å². The third kappa shape index (κ3) is 6.00. The molecule has 0 aliphatic carbocycles. The number of benzene rings is 2. The average Bonchev–Trinajstić information content (AvgIpc) is 2.86. The summed E-state index contributed by atoms with van der Waals surface area (Å²) in [5, 5.41) is 5.14. The van der Waals surface area contributed by atoms with Crippen LogP contribution in [0.5, 0.6) is 0 Å². The van der Waals surface area contributed by atoms with Crippen molar-refractivity contribution in [1.29, 1.82) is 0 Å². The van der Waals surface area contributed by atoms with Crippen LogP contribution in [0.1, 0.15) is 29.9 Å². The van der Waals surface area contributed by atoms with Gasteiger partial charge in [-0.25, -0.2) is 18.4 Å². The summed E-state index contributed by atoms with van der Waals surface area (Å²) in [5.41, 5.74) is 1.08. The lowest BCUT2D eigenvalue weighted by molar-refractivity contribution is -0.120. The van der Waals surface area contributed by atoms with Crippen molar-refractivity contribution in [3.63, 3.8) is 0 Å². The fourth-order valence-electron chi connectivity index (χ4n) is 4.53. The maximum atomic E-state index is 14.7. The predicted molar refractivity (Wildman–Crippen MR) is 135 cm³/mol. The Morgan fingerprint density at radius 3 is 2.37 bits per heavy atom. The second-order valence-corrected chi connectivity index (χ2v) is 9.27. The average molecular weight is 527 g/mol. The Balaban J connectivity index is 1.24. The van der Waals surface area contributed by atoms with Crippen molar-refractivity contribution < 1.29 is 32.7 Å². The van der Waals surface area contributed by atoms with Gasteiger partial charge in [-0.1, -0.05) is 30.3 Å². The van der Waals surface area contributed by atoms with Gasteiger partial charge in [-0.3, -0.25) is 4.79 Å². The first-order valence-corrected chi connectivity index (χ1v) is 12.2. The van der Waals surface area contributed by atoms with Crippen molar-refractivity contribution in [3.05, 3.63) is 65.2 Å². The summed E-state index contributed by atoms with van der Waals surface area (Å²) >= 11 is 0. The molecule has 2 aliphatic heterocycles. The van der Waals surface area contributed by atoms with E-state index in [9.17, 15) is 28.0 Å². The zero-order valence-electron chi connectivity index (χ0n) is 20.8. The normalized spacial score (nSPS) is 16.0. The monoisotopic (exact) mass is 526 g/mol. The molecule has 0 spiro atoms. The number of aldehydes is 1. The molecule has 11 heteroatoms. The molecule has 200 valence electrons. The van der Waals surface area contributed by atoms with Crippen molar-refractivity contribution in [2.24, 2.45) is 0 Å². The number of likely N-dealkylation sites (tertiary alicyclic amines) is 1. The smallest absolute Gasteiger partial charge is 0.407 e. The summed E-state index contributed by atoms with van der Waals surface area (Å²) in [4.78, 5) is 50.0. The first-order valence-electron chi connectivity index (χ1n) is 12.2. The number of carbonyl (C=O) groups is 3. The maximum Gasteiger partial charge on any atom is 0.407 e. The Bertz CT molecular complexity index is 1220. The highest BCUT2D eigenvalue weighted by atomic mass is 19.1. The van der Waals surface area contributed by atoms with Crippen molar-refractivity contribution in [2.45, 2.75) is 30.9 Å². The first-order chi connectivity index (χ1) is 18.3. The molecule has 2 heterocycles. The number of amides is 2. The molecule has 2 N–H and O–H groups in total. The number of anilines is 1. The minimum Gasteiger partial charge on any atom is -0.442 e. The number of alkyl carbamates (subject to hydrolysis) is 1. The Hall–Kier alpha value is -4.24. The second-order valence-electron chi connectivity index (χ2n) is 9.27. The molecule has 2 saturated heterocycles. The molecule has 2 aliphatic rings. The SMILES string of the molecule is CNC(=O)CCC(C=O)c1c(F)cc(N2CC(NC(=O)OC3CN(C(=C=O)c4ccccc4)C3)C2)cc1F. The molecule has 0 bridgehead atoms. The summed E-state index contributed by atoms with van der Waals surface area (Å²) in [6.45, 7) is 1.40. The number of hydrogen-bond donors (Lipinski definition) is 2. The van der Waals surface area contributed by atoms with E-state index in [0.29, 0.717) is 38.2 Å². The highest BCUT2D eigenvalue weighted by Crippen LogP contribution is 2.31. The third-order valence-corrected chi connectivity index (χ3v) is 6.71. The zero-order chi connectivity index (χ0) is 27.2. The molecular formula is C27H28F2N4O5. The van der Waals surface area contributed by atoms with Gasteiger partial charge in [0, 0.05) is 49.3 Å². The molecule has 1 unspecified atom stereocenters. The van der Waals surface area contributed by atoms with Gasteiger partial charge in [-0.05, 0) is 18.6 Å².